The van der Waals surface area contributed by atoms with Gasteiger partial charge in [0.1, 0.15) is 0 Å². The number of aryl methyl sites for hydroxylation is 1. The van der Waals surface area contributed by atoms with Gasteiger partial charge in [-0.05, 0) is 48.6 Å². The van der Waals surface area contributed by atoms with Crippen molar-refractivity contribution in [2.45, 2.75) is 38.1 Å². The molecule has 2 N–H and O–H groups in total. The van der Waals surface area contributed by atoms with Gasteiger partial charge in [-0.2, -0.15) is 13.2 Å². The Hall–Kier alpha value is -2.44. The van der Waals surface area contributed by atoms with E-state index in [2.05, 4.69) is 22.4 Å². The number of aliphatic hydroxyl groups is 1. The van der Waals surface area contributed by atoms with Crippen LogP contribution < -0.4 is 5.32 Å². The maximum atomic E-state index is 13.3. The largest absolute Gasteiger partial charge is 0.418 e. The summed E-state index contributed by atoms with van der Waals surface area (Å²) in [7, 11) is 0. The normalized spacial score (nSPS) is 15.8. The summed E-state index contributed by atoms with van der Waals surface area (Å²) in [6.45, 7) is 1.91. The molecule has 1 atom stereocenters. The summed E-state index contributed by atoms with van der Waals surface area (Å²) in [6.07, 6.45) is -3.64. The predicted octanol–water partition coefficient (Wildman–Crippen LogP) is 4.35. The maximum Gasteiger partial charge on any atom is 0.418 e. The first kappa shape index (κ1) is 18.9. The van der Waals surface area contributed by atoms with E-state index in [4.69, 9.17) is 0 Å². The number of pyridine rings is 1. The average Bonchev–Trinajstić information content (AvgIpc) is 3.07. The number of alkyl halides is 3. The molecule has 28 heavy (non-hydrogen) atoms. The van der Waals surface area contributed by atoms with E-state index in [1.807, 2.05) is 12.1 Å². The topological polar surface area (TPSA) is 45.1 Å². The molecule has 0 radical (unpaired) electrons. The Morgan fingerprint density at radius 3 is 2.43 bits per heavy atom. The number of benzene rings is 2. The maximum absolute atomic E-state index is 13.3. The van der Waals surface area contributed by atoms with Crippen LogP contribution in [-0.2, 0) is 19.0 Å². The number of para-hydroxylation sites is 1. The van der Waals surface area contributed by atoms with Crippen molar-refractivity contribution < 1.29 is 18.3 Å². The van der Waals surface area contributed by atoms with Crippen molar-refractivity contribution in [2.75, 3.05) is 6.54 Å². The molecule has 0 saturated heterocycles. The number of nitrogens with one attached hydrogen (secondary N) is 1. The summed E-state index contributed by atoms with van der Waals surface area (Å²) < 4.78 is 40.0. The van der Waals surface area contributed by atoms with E-state index in [0.29, 0.717) is 16.6 Å². The molecule has 1 heterocycles. The number of fused-ring (bicyclic) bond motifs is 2. The van der Waals surface area contributed by atoms with Crippen LogP contribution in [0.5, 0.6) is 0 Å². The van der Waals surface area contributed by atoms with Gasteiger partial charge in [0.15, 0.2) is 0 Å². The number of halogens is 3. The van der Waals surface area contributed by atoms with Crippen molar-refractivity contribution >= 4 is 10.9 Å². The lowest BCUT2D eigenvalue weighted by Gasteiger charge is -2.19. The lowest BCUT2D eigenvalue weighted by Crippen LogP contribution is -2.33. The molecule has 0 fully saturated rings. The highest BCUT2D eigenvalue weighted by Crippen LogP contribution is 2.36. The Balaban J connectivity index is 1.57. The number of hydrogen-bond acceptors (Lipinski definition) is 3. The molecule has 2 aromatic carbocycles. The van der Waals surface area contributed by atoms with Crippen molar-refractivity contribution in [1.82, 2.24) is 10.3 Å². The van der Waals surface area contributed by atoms with Gasteiger partial charge in [0.05, 0.1) is 17.2 Å². The molecule has 1 unspecified atom stereocenters. The van der Waals surface area contributed by atoms with Crippen molar-refractivity contribution in [2.24, 2.45) is 0 Å². The molecule has 6 heteroatoms. The summed E-state index contributed by atoms with van der Waals surface area (Å²) in [5, 5.41) is 14.4. The molecule has 0 aliphatic heterocycles. The quantitative estimate of drug-likeness (QED) is 0.701. The molecule has 3 nitrogen and oxygen atoms in total. The molecule has 0 saturated carbocycles. The van der Waals surface area contributed by atoms with E-state index in [1.54, 1.807) is 19.1 Å². The molecular formula is C22H21F3N2O. The first-order chi connectivity index (χ1) is 13.3. The predicted molar refractivity (Wildman–Crippen MR) is 102 cm³/mol. The fourth-order valence-corrected chi connectivity index (χ4v) is 4.00. The van der Waals surface area contributed by atoms with E-state index in [-0.39, 0.29) is 18.1 Å². The lowest BCUT2D eigenvalue weighted by molar-refractivity contribution is -0.136. The summed E-state index contributed by atoms with van der Waals surface area (Å²) in [5.41, 5.74) is 2.63. The third-order valence-corrected chi connectivity index (χ3v) is 5.31. The zero-order valence-corrected chi connectivity index (χ0v) is 15.4. The van der Waals surface area contributed by atoms with Gasteiger partial charge in [-0.25, -0.2) is 0 Å². The van der Waals surface area contributed by atoms with E-state index < -0.39 is 17.8 Å². The summed E-state index contributed by atoms with van der Waals surface area (Å²) in [5.74, 6) is 0. The van der Waals surface area contributed by atoms with Crippen molar-refractivity contribution in [3.8, 4) is 0 Å². The van der Waals surface area contributed by atoms with E-state index in [9.17, 15) is 18.3 Å². The molecule has 4 rings (SSSR count). The summed E-state index contributed by atoms with van der Waals surface area (Å²) in [6, 6.07) is 14.1. The van der Waals surface area contributed by atoms with Crippen LogP contribution in [0.2, 0.25) is 0 Å². The highest BCUT2D eigenvalue weighted by atomic mass is 19.4. The second-order valence-electron chi connectivity index (χ2n) is 7.35. The summed E-state index contributed by atoms with van der Waals surface area (Å²) in [4.78, 5) is 4.10. The van der Waals surface area contributed by atoms with Crippen molar-refractivity contribution in [3.05, 3.63) is 76.5 Å². The second-order valence-corrected chi connectivity index (χ2v) is 7.35. The SMILES string of the molecule is Cc1cc(C(O)CNC2Cc3ccccc3C2)c2cccc(C(F)(F)F)c2n1. The van der Waals surface area contributed by atoms with Gasteiger partial charge >= 0.3 is 6.18 Å². The zero-order valence-electron chi connectivity index (χ0n) is 15.4. The number of nitrogens with zero attached hydrogens (tertiary/aromatic N) is 1. The molecule has 0 spiro atoms. The minimum atomic E-state index is -4.49. The second kappa shape index (κ2) is 7.18. The molecule has 146 valence electrons. The van der Waals surface area contributed by atoms with Gasteiger partial charge in [-0.1, -0.05) is 36.4 Å². The van der Waals surface area contributed by atoms with Gasteiger partial charge in [0.25, 0.3) is 0 Å². The first-order valence-corrected chi connectivity index (χ1v) is 9.28. The Kier molecular flexibility index (Phi) is 4.85. The Morgan fingerprint density at radius 1 is 1.11 bits per heavy atom. The van der Waals surface area contributed by atoms with Crippen LogP contribution in [0.3, 0.4) is 0 Å². The van der Waals surface area contributed by atoms with Gasteiger partial charge in [-0.15, -0.1) is 0 Å². The van der Waals surface area contributed by atoms with Gasteiger partial charge in [0, 0.05) is 23.7 Å². The number of aromatic nitrogens is 1. The third kappa shape index (κ3) is 3.62. The first-order valence-electron chi connectivity index (χ1n) is 9.28. The third-order valence-electron chi connectivity index (χ3n) is 5.31. The van der Waals surface area contributed by atoms with E-state index in [1.165, 1.54) is 17.2 Å². The van der Waals surface area contributed by atoms with E-state index in [0.717, 1.165) is 18.9 Å². The number of hydrogen-bond donors (Lipinski definition) is 2. The zero-order chi connectivity index (χ0) is 19.9. The standard InChI is InChI=1S/C22H21F3N2O/c1-13-9-18(17-7-4-8-19(21(17)27-13)22(23,24)25)20(28)12-26-16-10-14-5-2-3-6-15(14)11-16/h2-9,16,20,26,28H,10-12H2,1H3. The molecular weight excluding hydrogens is 365 g/mol. The van der Waals surface area contributed by atoms with Crippen LogP contribution in [0.15, 0.2) is 48.5 Å². The fraction of sp³-hybridized carbons (Fsp3) is 0.318. The van der Waals surface area contributed by atoms with Crippen LogP contribution in [0, 0.1) is 6.92 Å². The number of aliphatic hydroxyl groups excluding tert-OH is 1. The molecule has 1 aromatic heterocycles. The van der Waals surface area contributed by atoms with Gasteiger partial charge < -0.3 is 10.4 Å². The molecule has 3 aromatic rings. The molecule has 0 bridgehead atoms. The van der Waals surface area contributed by atoms with Crippen LogP contribution >= 0.6 is 0 Å². The monoisotopic (exact) mass is 386 g/mol. The summed E-state index contributed by atoms with van der Waals surface area (Å²) >= 11 is 0. The molecule has 1 aliphatic carbocycles. The average molecular weight is 386 g/mol. The lowest BCUT2D eigenvalue weighted by atomic mass is 9.99. The number of rotatable bonds is 4. The van der Waals surface area contributed by atoms with Crippen LogP contribution in [0.1, 0.15) is 34.1 Å². The smallest absolute Gasteiger partial charge is 0.387 e. The van der Waals surface area contributed by atoms with Crippen molar-refractivity contribution in [3.63, 3.8) is 0 Å². The molecule has 0 amide bonds. The van der Waals surface area contributed by atoms with Gasteiger partial charge in [-0.3, -0.25) is 4.98 Å². The van der Waals surface area contributed by atoms with E-state index >= 15 is 0 Å². The van der Waals surface area contributed by atoms with Crippen LogP contribution in [0.25, 0.3) is 10.9 Å². The minimum Gasteiger partial charge on any atom is -0.387 e. The van der Waals surface area contributed by atoms with Crippen LogP contribution in [-0.4, -0.2) is 22.7 Å². The highest BCUT2D eigenvalue weighted by molar-refractivity contribution is 5.86. The molecule has 1 aliphatic rings. The van der Waals surface area contributed by atoms with Crippen LogP contribution in [0.4, 0.5) is 13.2 Å². The fourth-order valence-electron chi connectivity index (χ4n) is 4.00. The van der Waals surface area contributed by atoms with Crippen molar-refractivity contribution in [1.29, 1.82) is 0 Å². The Morgan fingerprint density at radius 2 is 1.79 bits per heavy atom. The van der Waals surface area contributed by atoms with Gasteiger partial charge in [0.2, 0.25) is 0 Å². The Labute approximate surface area is 161 Å². The Bertz CT molecular complexity index is 991. The highest BCUT2D eigenvalue weighted by Gasteiger charge is 2.34. The minimum absolute atomic E-state index is 0.114.